The summed E-state index contributed by atoms with van der Waals surface area (Å²) in [6, 6.07) is 11.2. The number of H-pyrrole nitrogens is 1. The molecule has 0 bridgehead atoms. The smallest absolute Gasteiger partial charge is 0.287 e. The van der Waals surface area contributed by atoms with Crippen LogP contribution in [0.2, 0.25) is 0 Å². The van der Waals surface area contributed by atoms with Crippen LogP contribution in [0.5, 0.6) is 0 Å². The molecule has 0 unspecified atom stereocenters. The third-order valence-electron chi connectivity index (χ3n) is 4.57. The Balaban J connectivity index is 1.53. The van der Waals surface area contributed by atoms with E-state index in [1.807, 2.05) is 19.1 Å². The van der Waals surface area contributed by atoms with Crippen molar-refractivity contribution >= 4 is 11.5 Å². The quantitative estimate of drug-likeness (QED) is 0.357. The zero-order valence-electron chi connectivity index (χ0n) is 16.2. The maximum Gasteiger partial charge on any atom is 0.287 e. The van der Waals surface area contributed by atoms with Gasteiger partial charge in [-0.25, -0.2) is 19.9 Å². The molecule has 0 aliphatic rings. The third kappa shape index (κ3) is 4.30. The highest BCUT2D eigenvalue weighted by molar-refractivity contribution is 5.78. The molecule has 0 aliphatic heterocycles. The number of nitro groups is 1. The number of aryl methyl sites for hydroxylation is 1. The number of nitrogens with zero attached hydrogens (tertiary/aromatic N) is 5. The second kappa shape index (κ2) is 8.48. The first kappa shape index (κ1) is 19.2. The summed E-state index contributed by atoms with van der Waals surface area (Å²) in [5.74, 6) is 1.25. The number of benzene rings is 1. The van der Waals surface area contributed by atoms with Crippen molar-refractivity contribution in [3.63, 3.8) is 0 Å². The van der Waals surface area contributed by atoms with Crippen LogP contribution >= 0.6 is 0 Å². The third-order valence-corrected chi connectivity index (χ3v) is 4.57. The van der Waals surface area contributed by atoms with Crippen LogP contribution in [0.3, 0.4) is 0 Å². The van der Waals surface area contributed by atoms with Gasteiger partial charge in [0.2, 0.25) is 0 Å². The molecule has 4 aromatic rings. The Labute approximate surface area is 172 Å². The van der Waals surface area contributed by atoms with E-state index in [2.05, 4.69) is 37.4 Å². The molecule has 1 aromatic carbocycles. The van der Waals surface area contributed by atoms with Gasteiger partial charge in [-0.3, -0.25) is 10.1 Å². The number of hydrogen-bond acceptors (Lipinski definition) is 7. The monoisotopic (exact) mass is 401 g/mol. The minimum atomic E-state index is -0.474. The van der Waals surface area contributed by atoms with Crippen molar-refractivity contribution in [2.45, 2.75) is 13.3 Å². The lowest BCUT2D eigenvalue weighted by molar-refractivity contribution is -0.385. The van der Waals surface area contributed by atoms with Crippen LogP contribution in [0, 0.1) is 17.0 Å². The van der Waals surface area contributed by atoms with Crippen molar-refractivity contribution in [2.75, 3.05) is 11.9 Å². The van der Waals surface area contributed by atoms with Crippen LogP contribution in [0.25, 0.3) is 22.5 Å². The van der Waals surface area contributed by atoms with E-state index in [9.17, 15) is 10.1 Å². The summed E-state index contributed by atoms with van der Waals surface area (Å²) in [6.45, 7) is 2.59. The van der Waals surface area contributed by atoms with Gasteiger partial charge in [0, 0.05) is 36.4 Å². The van der Waals surface area contributed by atoms with E-state index in [-0.39, 0.29) is 5.69 Å². The Morgan fingerprint density at radius 2 is 1.90 bits per heavy atom. The first-order chi connectivity index (χ1) is 14.6. The summed E-state index contributed by atoms with van der Waals surface area (Å²) in [5.41, 5.74) is 4.70. The fourth-order valence-corrected chi connectivity index (χ4v) is 2.97. The van der Waals surface area contributed by atoms with Crippen molar-refractivity contribution in [1.82, 2.24) is 24.9 Å². The van der Waals surface area contributed by atoms with Crippen molar-refractivity contribution in [3.8, 4) is 22.5 Å². The van der Waals surface area contributed by atoms with Crippen LogP contribution in [0.1, 0.15) is 11.4 Å². The Hall–Kier alpha value is -4.14. The summed E-state index contributed by atoms with van der Waals surface area (Å²) in [4.78, 5) is 30.8. The lowest BCUT2D eigenvalue weighted by atomic mass is 10.0. The molecule has 0 saturated heterocycles. The van der Waals surface area contributed by atoms with Gasteiger partial charge >= 0.3 is 0 Å². The van der Waals surface area contributed by atoms with Gasteiger partial charge in [0.1, 0.15) is 17.8 Å². The number of aromatic amines is 1. The molecular formula is C21H19N7O2. The van der Waals surface area contributed by atoms with Crippen LogP contribution in [-0.4, -0.2) is 36.4 Å². The minimum Gasteiger partial charge on any atom is -0.370 e. The number of imidazole rings is 1. The van der Waals surface area contributed by atoms with Gasteiger partial charge in [0.05, 0.1) is 28.8 Å². The molecule has 2 N–H and O–H groups in total. The highest BCUT2D eigenvalue weighted by atomic mass is 16.6. The molecule has 0 aliphatic carbocycles. The van der Waals surface area contributed by atoms with Gasteiger partial charge in [-0.15, -0.1) is 0 Å². The average molecular weight is 401 g/mol. The number of anilines is 1. The fourth-order valence-electron chi connectivity index (χ4n) is 2.97. The van der Waals surface area contributed by atoms with Gasteiger partial charge in [0.25, 0.3) is 5.69 Å². The average Bonchev–Trinajstić information content (AvgIpc) is 3.29. The molecule has 9 heteroatoms. The summed E-state index contributed by atoms with van der Waals surface area (Å²) in [5, 5.41) is 13.9. The summed E-state index contributed by atoms with van der Waals surface area (Å²) < 4.78 is 0. The Morgan fingerprint density at radius 1 is 1.07 bits per heavy atom. The summed E-state index contributed by atoms with van der Waals surface area (Å²) >= 11 is 0. The first-order valence-electron chi connectivity index (χ1n) is 9.36. The number of nitrogens with one attached hydrogen (secondary N) is 2. The normalized spacial score (nSPS) is 10.7. The highest BCUT2D eigenvalue weighted by Gasteiger charge is 2.13. The number of rotatable bonds is 7. The molecule has 0 saturated carbocycles. The van der Waals surface area contributed by atoms with E-state index in [0.717, 1.165) is 22.5 Å². The molecular weight excluding hydrogens is 382 g/mol. The molecule has 3 heterocycles. The van der Waals surface area contributed by atoms with Gasteiger partial charge in [-0.1, -0.05) is 29.8 Å². The van der Waals surface area contributed by atoms with E-state index in [0.29, 0.717) is 24.6 Å². The van der Waals surface area contributed by atoms with Crippen LogP contribution in [-0.2, 0) is 6.42 Å². The SMILES string of the molecule is Cc1ccc(-c2nc(CCNc3ccc([N+](=O)[O-])cn3)ncc2-c2cnc[nH]2)cc1. The number of aromatic nitrogens is 5. The van der Waals surface area contributed by atoms with E-state index >= 15 is 0 Å². The molecule has 150 valence electrons. The van der Waals surface area contributed by atoms with Crippen LogP contribution in [0.15, 0.2) is 61.3 Å². The maximum atomic E-state index is 10.7. The molecule has 3 aromatic heterocycles. The Kier molecular flexibility index (Phi) is 5.42. The van der Waals surface area contributed by atoms with E-state index in [1.165, 1.54) is 17.8 Å². The Morgan fingerprint density at radius 3 is 2.57 bits per heavy atom. The minimum absolute atomic E-state index is 0.0407. The van der Waals surface area contributed by atoms with Crippen LogP contribution < -0.4 is 5.32 Å². The second-order valence-corrected chi connectivity index (χ2v) is 6.72. The number of pyridine rings is 1. The lowest BCUT2D eigenvalue weighted by Gasteiger charge is -2.10. The summed E-state index contributed by atoms with van der Waals surface area (Å²) in [7, 11) is 0. The second-order valence-electron chi connectivity index (χ2n) is 6.72. The van der Waals surface area contributed by atoms with Gasteiger partial charge in [0.15, 0.2) is 0 Å². The molecule has 0 spiro atoms. The standard InChI is InChI=1S/C21H19N7O2/c1-14-2-4-15(5-3-14)21-17(18-12-22-13-26-18)11-25-20(27-21)8-9-23-19-7-6-16(10-24-19)28(29)30/h2-7,10-13H,8-9H2,1H3,(H,22,26)(H,23,24). The van der Waals surface area contributed by atoms with Crippen molar-refractivity contribution in [1.29, 1.82) is 0 Å². The molecule has 0 fully saturated rings. The van der Waals surface area contributed by atoms with E-state index in [4.69, 9.17) is 4.98 Å². The van der Waals surface area contributed by atoms with Crippen molar-refractivity contribution < 1.29 is 4.92 Å². The predicted molar refractivity (Wildman–Crippen MR) is 113 cm³/mol. The Bertz CT molecular complexity index is 1140. The van der Waals surface area contributed by atoms with Gasteiger partial charge < -0.3 is 10.3 Å². The van der Waals surface area contributed by atoms with E-state index in [1.54, 1.807) is 24.8 Å². The zero-order chi connectivity index (χ0) is 20.9. The molecule has 0 radical (unpaired) electrons. The van der Waals surface area contributed by atoms with Gasteiger partial charge in [-0.2, -0.15) is 0 Å². The van der Waals surface area contributed by atoms with Gasteiger partial charge in [-0.05, 0) is 13.0 Å². The molecule has 9 nitrogen and oxygen atoms in total. The fraction of sp³-hybridized carbons (Fsp3) is 0.143. The topological polar surface area (TPSA) is 123 Å². The maximum absolute atomic E-state index is 10.7. The largest absolute Gasteiger partial charge is 0.370 e. The lowest BCUT2D eigenvalue weighted by Crippen LogP contribution is -2.09. The van der Waals surface area contributed by atoms with Crippen molar-refractivity contribution in [3.05, 3.63) is 82.8 Å². The number of hydrogen-bond donors (Lipinski definition) is 2. The predicted octanol–water partition coefficient (Wildman–Crippen LogP) is 3.80. The summed E-state index contributed by atoms with van der Waals surface area (Å²) in [6.07, 6.45) is 6.98. The molecule has 4 rings (SSSR count). The molecule has 0 atom stereocenters. The zero-order valence-corrected chi connectivity index (χ0v) is 16.2. The molecule has 30 heavy (non-hydrogen) atoms. The molecule has 0 amide bonds. The van der Waals surface area contributed by atoms with E-state index < -0.39 is 4.92 Å². The van der Waals surface area contributed by atoms with Crippen molar-refractivity contribution in [2.24, 2.45) is 0 Å². The van der Waals surface area contributed by atoms with Crippen LogP contribution in [0.4, 0.5) is 11.5 Å². The first-order valence-corrected chi connectivity index (χ1v) is 9.36. The highest BCUT2D eigenvalue weighted by Crippen LogP contribution is 2.29.